The van der Waals surface area contributed by atoms with Crippen molar-refractivity contribution in [1.29, 1.82) is 0 Å². The zero-order valence-corrected chi connectivity index (χ0v) is 18.9. The summed E-state index contributed by atoms with van der Waals surface area (Å²) in [6.07, 6.45) is 1.94. The molecular weight excluding hydrogens is 420 g/mol. The van der Waals surface area contributed by atoms with Crippen LogP contribution in [0.3, 0.4) is 0 Å². The Bertz CT molecular complexity index is 789. The number of carbonyl (C=O) groups excluding carboxylic acids is 3. The van der Waals surface area contributed by atoms with E-state index in [9.17, 15) is 14.4 Å². The number of methoxy groups -OCH3 is 1. The van der Waals surface area contributed by atoms with Gasteiger partial charge in [0.15, 0.2) is 0 Å². The van der Waals surface area contributed by atoms with Crippen LogP contribution in [0, 0.1) is 5.92 Å². The maximum absolute atomic E-state index is 12.8. The SMILES string of the molecule is COC(=O)CC1CCN(C(=O)C(C)NC(=O)N2CCN(c3cccc(Cl)c3)CC2)CC1. The molecule has 2 aliphatic heterocycles. The number of likely N-dealkylation sites (tertiary alicyclic amines) is 1. The van der Waals surface area contributed by atoms with Crippen molar-refractivity contribution in [2.24, 2.45) is 5.92 Å². The fourth-order valence-electron chi connectivity index (χ4n) is 4.13. The number of piperidine rings is 1. The highest BCUT2D eigenvalue weighted by Gasteiger charge is 2.29. The number of hydrogen-bond donors (Lipinski definition) is 1. The number of hydrogen-bond acceptors (Lipinski definition) is 5. The first-order valence-electron chi connectivity index (χ1n) is 10.8. The van der Waals surface area contributed by atoms with E-state index in [-0.39, 0.29) is 23.8 Å². The van der Waals surface area contributed by atoms with Crippen molar-refractivity contribution in [3.05, 3.63) is 29.3 Å². The summed E-state index contributed by atoms with van der Waals surface area (Å²) in [7, 11) is 1.39. The van der Waals surface area contributed by atoms with Gasteiger partial charge in [0.25, 0.3) is 0 Å². The van der Waals surface area contributed by atoms with Crippen LogP contribution in [0.2, 0.25) is 5.02 Å². The molecule has 2 aliphatic rings. The highest BCUT2D eigenvalue weighted by Crippen LogP contribution is 2.22. The summed E-state index contributed by atoms with van der Waals surface area (Å²) in [5, 5.41) is 3.54. The van der Waals surface area contributed by atoms with Crippen molar-refractivity contribution >= 4 is 35.2 Å². The van der Waals surface area contributed by atoms with E-state index in [1.165, 1.54) is 7.11 Å². The van der Waals surface area contributed by atoms with Crippen molar-refractivity contribution in [3.8, 4) is 0 Å². The predicted molar refractivity (Wildman–Crippen MR) is 119 cm³/mol. The summed E-state index contributed by atoms with van der Waals surface area (Å²) in [5.74, 6) is -0.0412. The molecule has 9 heteroatoms. The molecule has 1 atom stereocenters. The summed E-state index contributed by atoms with van der Waals surface area (Å²) < 4.78 is 4.72. The van der Waals surface area contributed by atoms with Crippen LogP contribution in [-0.4, -0.2) is 80.1 Å². The molecule has 170 valence electrons. The molecular formula is C22H31ClN4O4. The fourth-order valence-corrected chi connectivity index (χ4v) is 4.31. The van der Waals surface area contributed by atoms with Gasteiger partial charge in [0.2, 0.25) is 5.91 Å². The van der Waals surface area contributed by atoms with Crippen LogP contribution in [0.1, 0.15) is 26.2 Å². The highest BCUT2D eigenvalue weighted by molar-refractivity contribution is 6.30. The number of carbonyl (C=O) groups is 3. The Hall–Kier alpha value is -2.48. The zero-order chi connectivity index (χ0) is 22.4. The van der Waals surface area contributed by atoms with Gasteiger partial charge in [0, 0.05) is 56.4 Å². The van der Waals surface area contributed by atoms with Gasteiger partial charge in [-0.25, -0.2) is 4.79 Å². The molecule has 0 aromatic heterocycles. The van der Waals surface area contributed by atoms with Crippen molar-refractivity contribution in [1.82, 2.24) is 15.1 Å². The Kier molecular flexibility index (Phi) is 8.01. The van der Waals surface area contributed by atoms with E-state index in [1.807, 2.05) is 24.3 Å². The second kappa shape index (κ2) is 10.7. The lowest BCUT2D eigenvalue weighted by molar-refractivity contribution is -0.142. The van der Waals surface area contributed by atoms with Crippen LogP contribution in [-0.2, 0) is 14.3 Å². The van der Waals surface area contributed by atoms with Crippen LogP contribution in [0.25, 0.3) is 0 Å². The lowest BCUT2D eigenvalue weighted by Crippen LogP contribution is -2.56. The maximum atomic E-state index is 12.8. The van der Waals surface area contributed by atoms with E-state index in [0.717, 1.165) is 18.5 Å². The Morgan fingerprint density at radius 3 is 2.39 bits per heavy atom. The number of esters is 1. The minimum Gasteiger partial charge on any atom is -0.469 e. The van der Waals surface area contributed by atoms with Crippen molar-refractivity contribution in [3.63, 3.8) is 0 Å². The molecule has 31 heavy (non-hydrogen) atoms. The Balaban J connectivity index is 1.42. The number of piperazine rings is 1. The molecule has 3 rings (SSSR count). The monoisotopic (exact) mass is 450 g/mol. The van der Waals surface area contributed by atoms with E-state index in [4.69, 9.17) is 16.3 Å². The number of anilines is 1. The standard InChI is InChI=1S/C22H31ClN4O4/c1-16(21(29)26-8-6-17(7-9-26)14-20(28)31-2)24-22(30)27-12-10-25(11-13-27)19-5-3-4-18(23)15-19/h3-5,15-17H,6-14H2,1-2H3,(H,24,30). The normalized spacial score (nSPS) is 18.5. The van der Waals surface area contributed by atoms with Gasteiger partial charge < -0.3 is 24.8 Å². The number of nitrogens with zero attached hydrogens (tertiary/aromatic N) is 3. The second-order valence-corrected chi connectivity index (χ2v) is 8.61. The predicted octanol–water partition coefficient (Wildman–Crippen LogP) is 2.36. The third kappa shape index (κ3) is 6.26. The molecule has 2 heterocycles. The second-order valence-electron chi connectivity index (χ2n) is 8.17. The van der Waals surface area contributed by atoms with Crippen LogP contribution in [0.4, 0.5) is 10.5 Å². The van der Waals surface area contributed by atoms with Gasteiger partial charge in [0.1, 0.15) is 6.04 Å². The van der Waals surface area contributed by atoms with E-state index in [1.54, 1.807) is 16.7 Å². The third-order valence-electron chi connectivity index (χ3n) is 6.06. The first-order valence-corrected chi connectivity index (χ1v) is 11.2. The number of nitrogens with one attached hydrogen (secondary N) is 1. The average Bonchev–Trinajstić information content (AvgIpc) is 2.79. The molecule has 8 nitrogen and oxygen atoms in total. The number of urea groups is 1. The smallest absolute Gasteiger partial charge is 0.318 e. The zero-order valence-electron chi connectivity index (χ0n) is 18.2. The molecule has 1 unspecified atom stereocenters. The number of amides is 3. The van der Waals surface area contributed by atoms with Crippen LogP contribution < -0.4 is 10.2 Å². The Morgan fingerprint density at radius 1 is 1.10 bits per heavy atom. The Morgan fingerprint density at radius 2 is 1.77 bits per heavy atom. The summed E-state index contributed by atoms with van der Waals surface area (Å²) in [5.41, 5.74) is 1.05. The Labute approximate surface area is 188 Å². The first kappa shape index (κ1) is 23.2. The minimum absolute atomic E-state index is 0.0811. The van der Waals surface area contributed by atoms with Gasteiger partial charge >= 0.3 is 12.0 Å². The topological polar surface area (TPSA) is 82.2 Å². The maximum Gasteiger partial charge on any atom is 0.318 e. The highest BCUT2D eigenvalue weighted by atomic mass is 35.5. The summed E-state index contributed by atoms with van der Waals surface area (Å²) in [4.78, 5) is 42.5. The largest absolute Gasteiger partial charge is 0.469 e. The van der Waals surface area contributed by atoms with Crippen LogP contribution in [0.15, 0.2) is 24.3 Å². The van der Waals surface area contributed by atoms with Crippen molar-refractivity contribution < 1.29 is 19.1 Å². The van der Waals surface area contributed by atoms with Crippen molar-refractivity contribution in [2.75, 3.05) is 51.3 Å². The lowest BCUT2D eigenvalue weighted by Gasteiger charge is -2.37. The number of benzene rings is 1. The summed E-state index contributed by atoms with van der Waals surface area (Å²) >= 11 is 6.07. The van der Waals surface area contributed by atoms with Crippen molar-refractivity contribution in [2.45, 2.75) is 32.2 Å². The minimum atomic E-state index is -0.587. The van der Waals surface area contributed by atoms with Gasteiger partial charge in [0.05, 0.1) is 7.11 Å². The van der Waals surface area contributed by atoms with Crippen LogP contribution in [0.5, 0.6) is 0 Å². The molecule has 2 fully saturated rings. The summed E-state index contributed by atoms with van der Waals surface area (Å²) in [6, 6.07) is 6.89. The molecule has 0 radical (unpaired) electrons. The third-order valence-corrected chi connectivity index (χ3v) is 6.29. The first-order chi connectivity index (χ1) is 14.9. The fraction of sp³-hybridized carbons (Fsp3) is 0.591. The van der Waals surface area contributed by atoms with Gasteiger partial charge in [-0.05, 0) is 43.9 Å². The molecule has 3 amide bonds. The van der Waals surface area contributed by atoms with E-state index < -0.39 is 6.04 Å². The van der Waals surface area contributed by atoms with Gasteiger partial charge in [-0.1, -0.05) is 17.7 Å². The lowest BCUT2D eigenvalue weighted by atomic mass is 9.93. The molecule has 0 bridgehead atoms. The number of halogens is 1. The average molecular weight is 451 g/mol. The van der Waals surface area contributed by atoms with E-state index in [0.29, 0.717) is 50.7 Å². The van der Waals surface area contributed by atoms with E-state index >= 15 is 0 Å². The molecule has 1 aromatic rings. The van der Waals surface area contributed by atoms with Crippen LogP contribution >= 0.6 is 11.6 Å². The molecule has 0 spiro atoms. The van der Waals surface area contributed by atoms with Gasteiger partial charge in [-0.15, -0.1) is 0 Å². The van der Waals surface area contributed by atoms with Gasteiger partial charge in [-0.3, -0.25) is 9.59 Å². The summed E-state index contributed by atoms with van der Waals surface area (Å²) in [6.45, 7) is 5.50. The molecule has 0 saturated carbocycles. The number of ether oxygens (including phenoxy) is 1. The molecule has 1 N–H and O–H groups in total. The molecule has 0 aliphatic carbocycles. The number of rotatable bonds is 5. The molecule has 2 saturated heterocycles. The van der Waals surface area contributed by atoms with Gasteiger partial charge in [-0.2, -0.15) is 0 Å². The van der Waals surface area contributed by atoms with E-state index in [2.05, 4.69) is 10.2 Å². The molecule has 1 aromatic carbocycles. The quantitative estimate of drug-likeness (QED) is 0.696.